The summed E-state index contributed by atoms with van der Waals surface area (Å²) < 4.78 is 5.76. The Labute approximate surface area is 126 Å². The first-order chi connectivity index (χ1) is 10.0. The maximum atomic E-state index is 9.20. The zero-order valence-corrected chi connectivity index (χ0v) is 13.1. The standard InChI is InChI=1S/C17H26N2O2/c1-3-4-5-6-16-19-14-11-13(7-8-15(14)21-16)9-10-17(2,18)12-20/h7-8,11,20H,3-6,9-10,12,18H2,1-2H3/t17-/m1/s1. The van der Waals surface area contributed by atoms with Gasteiger partial charge in [-0.1, -0.05) is 25.8 Å². The molecule has 2 aromatic rings. The number of aliphatic hydroxyl groups is 1. The van der Waals surface area contributed by atoms with Crippen molar-refractivity contribution in [2.75, 3.05) is 6.61 Å². The van der Waals surface area contributed by atoms with Crippen LogP contribution in [0.25, 0.3) is 11.1 Å². The number of aliphatic hydroxyl groups excluding tert-OH is 1. The van der Waals surface area contributed by atoms with Crippen LogP contribution in [-0.4, -0.2) is 22.2 Å². The van der Waals surface area contributed by atoms with Gasteiger partial charge in [-0.15, -0.1) is 0 Å². The highest BCUT2D eigenvalue weighted by atomic mass is 16.3. The topological polar surface area (TPSA) is 72.3 Å². The summed E-state index contributed by atoms with van der Waals surface area (Å²) >= 11 is 0. The van der Waals surface area contributed by atoms with Crippen LogP contribution >= 0.6 is 0 Å². The molecule has 0 fully saturated rings. The Morgan fingerprint density at radius 2 is 2.10 bits per heavy atom. The van der Waals surface area contributed by atoms with Crippen LogP contribution in [-0.2, 0) is 12.8 Å². The minimum atomic E-state index is -0.524. The Balaban J connectivity index is 2.03. The van der Waals surface area contributed by atoms with Crippen LogP contribution in [0, 0.1) is 0 Å². The van der Waals surface area contributed by atoms with Crippen molar-refractivity contribution in [3.05, 3.63) is 29.7 Å². The van der Waals surface area contributed by atoms with Gasteiger partial charge in [0.2, 0.25) is 0 Å². The molecular formula is C17H26N2O2. The van der Waals surface area contributed by atoms with Gasteiger partial charge < -0.3 is 15.3 Å². The van der Waals surface area contributed by atoms with Crippen LogP contribution in [0.15, 0.2) is 22.6 Å². The number of nitrogens with two attached hydrogens (primary N) is 1. The van der Waals surface area contributed by atoms with Gasteiger partial charge in [0.05, 0.1) is 6.61 Å². The average molecular weight is 290 g/mol. The van der Waals surface area contributed by atoms with Crippen molar-refractivity contribution < 1.29 is 9.52 Å². The second kappa shape index (κ2) is 7.05. The number of oxazole rings is 1. The van der Waals surface area contributed by atoms with E-state index in [1.807, 2.05) is 13.0 Å². The van der Waals surface area contributed by atoms with E-state index in [0.717, 1.165) is 42.7 Å². The Bertz CT molecular complexity index is 575. The number of fused-ring (bicyclic) bond motifs is 1. The summed E-state index contributed by atoms with van der Waals surface area (Å²) in [6.07, 6.45) is 6.02. The first-order valence-corrected chi connectivity index (χ1v) is 7.82. The lowest BCUT2D eigenvalue weighted by Gasteiger charge is -2.21. The van der Waals surface area contributed by atoms with E-state index in [1.165, 1.54) is 18.4 Å². The van der Waals surface area contributed by atoms with Crippen molar-refractivity contribution in [3.63, 3.8) is 0 Å². The van der Waals surface area contributed by atoms with E-state index in [0.29, 0.717) is 0 Å². The number of benzene rings is 1. The second-order valence-corrected chi connectivity index (χ2v) is 6.18. The van der Waals surface area contributed by atoms with Gasteiger partial charge in [-0.25, -0.2) is 4.98 Å². The molecule has 3 N–H and O–H groups in total. The van der Waals surface area contributed by atoms with Gasteiger partial charge in [-0.05, 0) is 43.9 Å². The molecule has 0 aliphatic carbocycles. The summed E-state index contributed by atoms with van der Waals surface area (Å²) in [5.41, 5.74) is 8.39. The van der Waals surface area contributed by atoms with Crippen LogP contribution in [0.3, 0.4) is 0 Å². The van der Waals surface area contributed by atoms with Gasteiger partial charge in [-0.3, -0.25) is 0 Å². The van der Waals surface area contributed by atoms with Crippen LogP contribution in [0.4, 0.5) is 0 Å². The van der Waals surface area contributed by atoms with Crippen LogP contribution in [0.1, 0.15) is 51.0 Å². The largest absolute Gasteiger partial charge is 0.441 e. The number of aromatic nitrogens is 1. The normalized spacial score (nSPS) is 14.5. The quantitative estimate of drug-likeness (QED) is 0.732. The fourth-order valence-electron chi connectivity index (χ4n) is 2.32. The van der Waals surface area contributed by atoms with Crippen molar-refractivity contribution in [1.82, 2.24) is 4.98 Å². The number of aryl methyl sites for hydroxylation is 2. The lowest BCUT2D eigenvalue weighted by Crippen LogP contribution is -2.40. The van der Waals surface area contributed by atoms with E-state index in [-0.39, 0.29) is 6.61 Å². The van der Waals surface area contributed by atoms with Gasteiger partial charge >= 0.3 is 0 Å². The molecular weight excluding hydrogens is 264 g/mol. The number of nitrogens with zero attached hydrogens (tertiary/aromatic N) is 1. The Kier molecular flexibility index (Phi) is 5.37. The van der Waals surface area contributed by atoms with Gasteiger partial charge in [0.25, 0.3) is 0 Å². The van der Waals surface area contributed by atoms with Crippen molar-refractivity contribution in [2.45, 2.75) is 57.9 Å². The number of hydrogen-bond donors (Lipinski definition) is 2. The minimum absolute atomic E-state index is 0.000775. The summed E-state index contributed by atoms with van der Waals surface area (Å²) in [6.45, 7) is 4.06. The molecule has 0 aliphatic heterocycles. The van der Waals surface area contributed by atoms with Crippen molar-refractivity contribution in [3.8, 4) is 0 Å². The van der Waals surface area contributed by atoms with E-state index < -0.39 is 5.54 Å². The fourth-order valence-corrected chi connectivity index (χ4v) is 2.32. The Morgan fingerprint density at radius 3 is 2.81 bits per heavy atom. The van der Waals surface area contributed by atoms with Gasteiger partial charge in [-0.2, -0.15) is 0 Å². The smallest absolute Gasteiger partial charge is 0.195 e. The summed E-state index contributed by atoms with van der Waals surface area (Å²) in [6, 6.07) is 6.10. The molecule has 0 aliphatic rings. The summed E-state index contributed by atoms with van der Waals surface area (Å²) in [4.78, 5) is 4.56. The Hall–Kier alpha value is -1.39. The SMILES string of the molecule is CCCCCc1nc2cc(CC[C@@](C)(N)CO)ccc2o1. The summed E-state index contributed by atoms with van der Waals surface area (Å²) in [5.74, 6) is 0.828. The zero-order valence-electron chi connectivity index (χ0n) is 13.1. The lowest BCUT2D eigenvalue weighted by atomic mass is 9.95. The predicted molar refractivity (Wildman–Crippen MR) is 85.2 cm³/mol. The molecule has 4 heteroatoms. The first-order valence-electron chi connectivity index (χ1n) is 7.82. The fraction of sp³-hybridized carbons (Fsp3) is 0.588. The molecule has 116 valence electrons. The molecule has 0 amide bonds. The van der Waals surface area contributed by atoms with Crippen LogP contribution in [0.5, 0.6) is 0 Å². The molecule has 1 aromatic carbocycles. The van der Waals surface area contributed by atoms with Crippen molar-refractivity contribution in [2.24, 2.45) is 5.73 Å². The van der Waals surface area contributed by atoms with E-state index >= 15 is 0 Å². The molecule has 0 bridgehead atoms. The number of hydrogen-bond acceptors (Lipinski definition) is 4. The first kappa shape index (κ1) is 16.0. The highest BCUT2D eigenvalue weighted by Gasteiger charge is 2.16. The molecule has 2 rings (SSSR count). The molecule has 0 saturated heterocycles. The zero-order chi connectivity index (χ0) is 15.3. The van der Waals surface area contributed by atoms with Crippen molar-refractivity contribution >= 4 is 11.1 Å². The summed E-state index contributed by atoms with van der Waals surface area (Å²) in [7, 11) is 0. The third-order valence-corrected chi connectivity index (χ3v) is 3.84. The van der Waals surface area contributed by atoms with Gasteiger partial charge in [0.1, 0.15) is 5.52 Å². The van der Waals surface area contributed by atoms with E-state index in [4.69, 9.17) is 10.2 Å². The van der Waals surface area contributed by atoms with E-state index in [2.05, 4.69) is 24.0 Å². The maximum absolute atomic E-state index is 9.20. The van der Waals surface area contributed by atoms with E-state index in [1.54, 1.807) is 0 Å². The molecule has 0 saturated carbocycles. The molecule has 1 aromatic heterocycles. The number of unbranched alkanes of at least 4 members (excludes halogenated alkanes) is 2. The average Bonchev–Trinajstić information content (AvgIpc) is 2.87. The molecule has 4 nitrogen and oxygen atoms in total. The third kappa shape index (κ3) is 4.55. The third-order valence-electron chi connectivity index (χ3n) is 3.84. The lowest BCUT2D eigenvalue weighted by molar-refractivity contribution is 0.200. The summed E-state index contributed by atoms with van der Waals surface area (Å²) in [5, 5.41) is 9.20. The monoisotopic (exact) mass is 290 g/mol. The molecule has 0 radical (unpaired) electrons. The minimum Gasteiger partial charge on any atom is -0.441 e. The molecule has 0 unspecified atom stereocenters. The highest BCUT2D eigenvalue weighted by Crippen LogP contribution is 2.20. The Morgan fingerprint density at radius 1 is 1.29 bits per heavy atom. The molecule has 0 spiro atoms. The second-order valence-electron chi connectivity index (χ2n) is 6.18. The predicted octanol–water partition coefficient (Wildman–Crippen LogP) is 3.20. The highest BCUT2D eigenvalue weighted by molar-refractivity contribution is 5.73. The molecule has 1 atom stereocenters. The maximum Gasteiger partial charge on any atom is 0.195 e. The van der Waals surface area contributed by atoms with Crippen LogP contribution in [0.2, 0.25) is 0 Å². The molecule has 21 heavy (non-hydrogen) atoms. The van der Waals surface area contributed by atoms with Gasteiger partial charge in [0, 0.05) is 12.0 Å². The van der Waals surface area contributed by atoms with E-state index in [9.17, 15) is 5.11 Å². The number of rotatable bonds is 8. The van der Waals surface area contributed by atoms with Gasteiger partial charge in [0.15, 0.2) is 11.5 Å². The van der Waals surface area contributed by atoms with Crippen molar-refractivity contribution in [1.29, 1.82) is 0 Å². The molecule has 1 heterocycles. The van der Waals surface area contributed by atoms with Crippen LogP contribution < -0.4 is 5.73 Å².